The van der Waals surface area contributed by atoms with E-state index in [0.29, 0.717) is 0 Å². The monoisotopic (exact) mass is 740 g/mol. The molecule has 0 saturated heterocycles. The van der Waals surface area contributed by atoms with Gasteiger partial charge in [-0.3, -0.25) is 8.97 Å². The molecule has 0 fully saturated rings. The van der Waals surface area contributed by atoms with Gasteiger partial charge in [0.1, 0.15) is 11.5 Å². The number of imidazole rings is 2. The molecule has 0 aliphatic rings. The van der Waals surface area contributed by atoms with Crippen LogP contribution in [0.1, 0.15) is 0 Å². The van der Waals surface area contributed by atoms with Crippen molar-refractivity contribution in [1.29, 1.82) is 0 Å². The molecule has 4 heteroatoms. The molecule has 0 saturated carbocycles. The fourth-order valence-electron chi connectivity index (χ4n) is 8.38. The summed E-state index contributed by atoms with van der Waals surface area (Å²) in [5, 5.41) is 2.46. The molecule has 0 amide bonds. The molecule has 0 N–H and O–H groups in total. The van der Waals surface area contributed by atoms with Crippen LogP contribution in [-0.2, 0) is 0 Å². The summed E-state index contributed by atoms with van der Waals surface area (Å²) in [5.74, 6) is 0.927. The maximum Gasteiger partial charge on any atom is 0.145 e. The number of aromatic nitrogens is 4. The lowest BCUT2D eigenvalue weighted by molar-refractivity contribution is 1.10. The molecule has 3 aromatic heterocycles. The highest BCUT2D eigenvalue weighted by Crippen LogP contribution is 2.39. The Hall–Kier alpha value is -7.82. The van der Waals surface area contributed by atoms with E-state index in [2.05, 4.69) is 209 Å². The Morgan fingerprint density at radius 1 is 0.379 bits per heavy atom. The molecule has 11 aromatic rings. The standard InChI is InChI=1S/C54H36N4/c1-3-16-39(17-4-1)52-53(57-32-12-11-27-51(57)56-52)42-22-13-21-41(33-42)44-34-43(35-45(36-44)48-24-14-20-38-15-7-8-23-47(38)48)37-28-30-46(31-29-37)58-50-26-10-9-25-49(50)55-54(58)40-18-5-2-6-19-40/h1-36H. The first-order valence-corrected chi connectivity index (χ1v) is 19.7. The second-order valence-electron chi connectivity index (χ2n) is 14.7. The molecule has 3 heterocycles. The summed E-state index contributed by atoms with van der Waals surface area (Å²) in [7, 11) is 0. The zero-order valence-corrected chi connectivity index (χ0v) is 31.6. The molecule has 11 rings (SSSR count). The lowest BCUT2D eigenvalue weighted by Gasteiger charge is -2.15. The predicted octanol–water partition coefficient (Wildman–Crippen LogP) is 13.8. The Labute approximate surface area is 336 Å². The Morgan fingerprint density at radius 2 is 1.00 bits per heavy atom. The van der Waals surface area contributed by atoms with Crippen LogP contribution in [-0.4, -0.2) is 18.9 Å². The molecule has 58 heavy (non-hydrogen) atoms. The number of benzene rings is 8. The third-order valence-electron chi connectivity index (χ3n) is 11.1. The number of rotatable bonds is 7. The van der Waals surface area contributed by atoms with Crippen molar-refractivity contribution in [2.75, 3.05) is 0 Å². The number of nitrogens with zero attached hydrogens (tertiary/aromatic N) is 4. The van der Waals surface area contributed by atoms with Gasteiger partial charge in [-0.25, -0.2) is 9.97 Å². The van der Waals surface area contributed by atoms with Crippen LogP contribution in [0.25, 0.3) is 100 Å². The van der Waals surface area contributed by atoms with Crippen LogP contribution < -0.4 is 0 Å². The lowest BCUT2D eigenvalue weighted by atomic mass is 9.90. The summed E-state index contributed by atoms with van der Waals surface area (Å²) in [4.78, 5) is 10.2. The molecular weight excluding hydrogens is 705 g/mol. The first-order chi connectivity index (χ1) is 28.7. The topological polar surface area (TPSA) is 35.1 Å². The van der Waals surface area contributed by atoms with E-state index in [4.69, 9.17) is 9.97 Å². The van der Waals surface area contributed by atoms with Gasteiger partial charge in [-0.2, -0.15) is 0 Å². The maximum absolute atomic E-state index is 5.12. The highest BCUT2D eigenvalue weighted by Gasteiger charge is 2.18. The van der Waals surface area contributed by atoms with Gasteiger partial charge in [-0.05, 0) is 105 Å². The number of hydrogen-bond acceptors (Lipinski definition) is 2. The average molecular weight is 741 g/mol. The fraction of sp³-hybridized carbons (Fsp3) is 0. The molecule has 0 aliphatic heterocycles. The van der Waals surface area contributed by atoms with Crippen LogP contribution in [0, 0.1) is 0 Å². The molecule has 4 nitrogen and oxygen atoms in total. The largest absolute Gasteiger partial charge is 0.299 e. The predicted molar refractivity (Wildman–Crippen MR) is 240 cm³/mol. The van der Waals surface area contributed by atoms with Gasteiger partial charge >= 0.3 is 0 Å². The normalized spacial score (nSPS) is 11.4. The van der Waals surface area contributed by atoms with Gasteiger partial charge in [0.25, 0.3) is 0 Å². The quantitative estimate of drug-likeness (QED) is 0.163. The zero-order chi connectivity index (χ0) is 38.4. The fourth-order valence-corrected chi connectivity index (χ4v) is 8.38. The molecule has 0 bridgehead atoms. The summed E-state index contributed by atoms with van der Waals surface area (Å²) in [5.41, 5.74) is 16.3. The van der Waals surface area contributed by atoms with Gasteiger partial charge in [0.15, 0.2) is 0 Å². The van der Waals surface area contributed by atoms with Crippen LogP contribution in [0.15, 0.2) is 219 Å². The molecule has 8 aromatic carbocycles. The number of fused-ring (bicyclic) bond motifs is 3. The van der Waals surface area contributed by atoms with Crippen molar-refractivity contribution in [2.24, 2.45) is 0 Å². The molecule has 272 valence electrons. The van der Waals surface area contributed by atoms with Crippen LogP contribution >= 0.6 is 0 Å². The minimum atomic E-state index is 0.921. The van der Waals surface area contributed by atoms with E-state index in [0.717, 1.165) is 78.5 Å². The number of para-hydroxylation sites is 2. The van der Waals surface area contributed by atoms with E-state index in [1.165, 1.54) is 21.9 Å². The average Bonchev–Trinajstić information content (AvgIpc) is 3.89. The third kappa shape index (κ3) is 5.87. The van der Waals surface area contributed by atoms with Gasteiger partial charge in [0.05, 0.1) is 22.4 Å². The van der Waals surface area contributed by atoms with Crippen molar-refractivity contribution in [2.45, 2.75) is 0 Å². The molecule has 0 unspecified atom stereocenters. The minimum absolute atomic E-state index is 0.921. The molecule has 0 spiro atoms. The summed E-state index contributed by atoms with van der Waals surface area (Å²) in [6.07, 6.45) is 2.11. The Bertz CT molecular complexity index is 3260. The van der Waals surface area contributed by atoms with Gasteiger partial charge in [0.2, 0.25) is 0 Å². The molecule has 0 radical (unpaired) electrons. The SMILES string of the molecule is c1ccc(-c2nc3ccccn3c2-c2cccc(-c3cc(-c4ccc(-n5c(-c6ccccc6)nc6ccccc65)cc4)cc(-c4cccc5ccccc45)c3)c2)cc1. The summed E-state index contributed by atoms with van der Waals surface area (Å²) in [6.45, 7) is 0. The second kappa shape index (κ2) is 14.0. The van der Waals surface area contributed by atoms with E-state index in [9.17, 15) is 0 Å². The van der Waals surface area contributed by atoms with Crippen molar-refractivity contribution >= 4 is 27.5 Å². The molecule has 0 aliphatic carbocycles. The van der Waals surface area contributed by atoms with Crippen LogP contribution in [0.2, 0.25) is 0 Å². The smallest absolute Gasteiger partial charge is 0.145 e. The van der Waals surface area contributed by atoms with Crippen LogP contribution in [0.4, 0.5) is 0 Å². The zero-order valence-electron chi connectivity index (χ0n) is 31.6. The molecular formula is C54H36N4. The lowest BCUT2D eigenvalue weighted by Crippen LogP contribution is -1.97. The van der Waals surface area contributed by atoms with E-state index >= 15 is 0 Å². The van der Waals surface area contributed by atoms with Gasteiger partial charge < -0.3 is 0 Å². The Balaban J connectivity index is 1.07. The van der Waals surface area contributed by atoms with Crippen LogP contribution in [0.3, 0.4) is 0 Å². The highest BCUT2D eigenvalue weighted by atomic mass is 15.1. The van der Waals surface area contributed by atoms with Crippen molar-refractivity contribution in [3.8, 4) is 73.0 Å². The van der Waals surface area contributed by atoms with E-state index in [1.807, 2.05) is 18.2 Å². The number of pyridine rings is 1. The second-order valence-corrected chi connectivity index (χ2v) is 14.7. The van der Waals surface area contributed by atoms with E-state index in [1.54, 1.807) is 0 Å². The summed E-state index contributed by atoms with van der Waals surface area (Å²) < 4.78 is 4.47. The first-order valence-electron chi connectivity index (χ1n) is 19.7. The van der Waals surface area contributed by atoms with Crippen molar-refractivity contribution in [3.05, 3.63) is 219 Å². The van der Waals surface area contributed by atoms with Crippen molar-refractivity contribution < 1.29 is 0 Å². The third-order valence-corrected chi connectivity index (χ3v) is 11.1. The van der Waals surface area contributed by atoms with Gasteiger partial charge in [-0.1, -0.05) is 152 Å². The van der Waals surface area contributed by atoms with E-state index < -0.39 is 0 Å². The van der Waals surface area contributed by atoms with E-state index in [-0.39, 0.29) is 0 Å². The Kier molecular flexibility index (Phi) is 8.11. The summed E-state index contributed by atoms with van der Waals surface area (Å²) in [6, 6.07) is 75.5. The van der Waals surface area contributed by atoms with Crippen molar-refractivity contribution in [3.63, 3.8) is 0 Å². The first kappa shape index (κ1) is 33.5. The number of hydrogen-bond donors (Lipinski definition) is 0. The summed E-state index contributed by atoms with van der Waals surface area (Å²) >= 11 is 0. The molecule has 0 atom stereocenters. The Morgan fingerprint density at radius 3 is 1.84 bits per heavy atom. The van der Waals surface area contributed by atoms with Gasteiger partial charge in [-0.15, -0.1) is 0 Å². The van der Waals surface area contributed by atoms with Gasteiger partial charge in [0, 0.05) is 28.6 Å². The maximum atomic E-state index is 5.12. The minimum Gasteiger partial charge on any atom is -0.299 e. The highest BCUT2D eigenvalue weighted by molar-refractivity contribution is 5.98. The van der Waals surface area contributed by atoms with Crippen LogP contribution in [0.5, 0.6) is 0 Å². The van der Waals surface area contributed by atoms with Crippen molar-refractivity contribution in [1.82, 2.24) is 18.9 Å².